The Morgan fingerprint density at radius 3 is 2.72 bits per heavy atom. The quantitative estimate of drug-likeness (QED) is 0.778. The Kier molecular flexibility index (Phi) is 6.65. The van der Waals surface area contributed by atoms with Crippen LogP contribution in [0.4, 0.5) is 0 Å². The number of carbonyl (C=O) groups is 1. The zero-order valence-electron chi connectivity index (χ0n) is 12.2. The van der Waals surface area contributed by atoms with E-state index in [0.717, 1.165) is 45.4 Å². The van der Waals surface area contributed by atoms with Crippen molar-refractivity contribution in [3.05, 3.63) is 0 Å². The molecule has 4 heteroatoms. The van der Waals surface area contributed by atoms with Crippen LogP contribution in [-0.2, 0) is 4.79 Å². The van der Waals surface area contributed by atoms with Gasteiger partial charge in [0.25, 0.3) is 0 Å². The Labute approximate surface area is 111 Å². The lowest BCUT2D eigenvalue weighted by Crippen LogP contribution is -2.52. The molecule has 1 aliphatic heterocycles. The van der Waals surface area contributed by atoms with Gasteiger partial charge < -0.3 is 10.6 Å². The van der Waals surface area contributed by atoms with Gasteiger partial charge in [-0.3, -0.25) is 9.69 Å². The summed E-state index contributed by atoms with van der Waals surface area (Å²) < 4.78 is 0. The first-order chi connectivity index (χ1) is 8.58. The molecule has 106 valence electrons. The highest BCUT2D eigenvalue weighted by Crippen LogP contribution is 2.15. The van der Waals surface area contributed by atoms with Crippen LogP contribution in [0.5, 0.6) is 0 Å². The monoisotopic (exact) mass is 255 g/mol. The molecule has 1 saturated heterocycles. The van der Waals surface area contributed by atoms with Gasteiger partial charge in [-0.15, -0.1) is 0 Å². The van der Waals surface area contributed by atoms with Crippen LogP contribution in [0.25, 0.3) is 0 Å². The van der Waals surface area contributed by atoms with E-state index in [-0.39, 0.29) is 0 Å². The van der Waals surface area contributed by atoms with Crippen LogP contribution >= 0.6 is 0 Å². The normalized spacial score (nSPS) is 23.1. The van der Waals surface area contributed by atoms with Crippen LogP contribution in [0.2, 0.25) is 0 Å². The van der Waals surface area contributed by atoms with Gasteiger partial charge in [0, 0.05) is 32.1 Å². The van der Waals surface area contributed by atoms with Crippen LogP contribution < -0.4 is 5.73 Å². The van der Waals surface area contributed by atoms with Crippen LogP contribution in [0.15, 0.2) is 0 Å². The number of hydrogen-bond acceptors (Lipinski definition) is 3. The van der Waals surface area contributed by atoms with Gasteiger partial charge in [0.05, 0.1) is 0 Å². The van der Waals surface area contributed by atoms with Crippen molar-refractivity contribution in [1.82, 2.24) is 9.80 Å². The van der Waals surface area contributed by atoms with Gasteiger partial charge in [-0.2, -0.15) is 0 Å². The molecule has 0 aromatic carbocycles. The third kappa shape index (κ3) is 4.58. The summed E-state index contributed by atoms with van der Waals surface area (Å²) in [5.41, 5.74) is 5.53. The van der Waals surface area contributed by atoms with Crippen molar-refractivity contribution in [3.8, 4) is 0 Å². The van der Waals surface area contributed by atoms with Crippen LogP contribution in [-0.4, -0.2) is 55.0 Å². The molecule has 0 spiro atoms. The maximum Gasteiger partial charge on any atom is 0.222 e. The highest BCUT2D eigenvalue weighted by Gasteiger charge is 2.25. The van der Waals surface area contributed by atoms with E-state index in [0.29, 0.717) is 24.3 Å². The summed E-state index contributed by atoms with van der Waals surface area (Å²) in [6, 6.07) is 0.532. The number of amides is 1. The number of carbonyl (C=O) groups excluding carboxylic acids is 1. The molecule has 1 amide bonds. The summed E-state index contributed by atoms with van der Waals surface area (Å²) in [4.78, 5) is 16.6. The second kappa shape index (κ2) is 7.74. The van der Waals surface area contributed by atoms with Gasteiger partial charge in [0.2, 0.25) is 5.91 Å². The van der Waals surface area contributed by atoms with Gasteiger partial charge in [0.15, 0.2) is 0 Å². The predicted octanol–water partition coefficient (Wildman–Crippen LogP) is 1.30. The minimum Gasteiger partial charge on any atom is -0.340 e. The van der Waals surface area contributed by atoms with Gasteiger partial charge >= 0.3 is 0 Å². The van der Waals surface area contributed by atoms with E-state index >= 15 is 0 Å². The smallest absolute Gasteiger partial charge is 0.222 e. The third-order valence-corrected chi connectivity index (χ3v) is 4.11. The lowest BCUT2D eigenvalue weighted by molar-refractivity contribution is -0.134. The van der Waals surface area contributed by atoms with Crippen molar-refractivity contribution < 1.29 is 4.79 Å². The van der Waals surface area contributed by atoms with E-state index in [1.165, 1.54) is 0 Å². The van der Waals surface area contributed by atoms with E-state index in [1.807, 2.05) is 4.90 Å². The number of rotatable bonds is 6. The summed E-state index contributed by atoms with van der Waals surface area (Å²) in [5.74, 6) is 0.888. The Morgan fingerprint density at radius 2 is 2.11 bits per heavy atom. The molecule has 1 heterocycles. The number of piperazine rings is 1. The maximum atomic E-state index is 12.2. The van der Waals surface area contributed by atoms with E-state index < -0.39 is 0 Å². The van der Waals surface area contributed by atoms with Crippen molar-refractivity contribution >= 4 is 5.91 Å². The zero-order valence-corrected chi connectivity index (χ0v) is 12.2. The summed E-state index contributed by atoms with van der Waals surface area (Å²) in [6.07, 6.45) is 3.79. The largest absolute Gasteiger partial charge is 0.340 e. The van der Waals surface area contributed by atoms with Gasteiger partial charge in [-0.25, -0.2) is 0 Å². The number of nitrogens with zero attached hydrogens (tertiary/aromatic N) is 2. The molecule has 4 nitrogen and oxygen atoms in total. The first kappa shape index (κ1) is 15.4. The second-order valence-electron chi connectivity index (χ2n) is 5.60. The summed E-state index contributed by atoms with van der Waals surface area (Å²) in [6.45, 7) is 7.88. The Bertz CT molecular complexity index is 257. The molecule has 2 unspecified atom stereocenters. The van der Waals surface area contributed by atoms with Crippen molar-refractivity contribution in [2.75, 3.05) is 33.2 Å². The average Bonchev–Trinajstić information content (AvgIpc) is 2.37. The van der Waals surface area contributed by atoms with Crippen molar-refractivity contribution in [2.24, 2.45) is 11.7 Å². The molecule has 0 radical (unpaired) electrons. The number of likely N-dealkylation sites (N-methyl/N-ethyl adjacent to an activating group) is 1. The Hall–Kier alpha value is -0.610. The number of hydrogen-bond donors (Lipinski definition) is 1. The van der Waals surface area contributed by atoms with E-state index in [4.69, 9.17) is 5.73 Å². The van der Waals surface area contributed by atoms with Crippen LogP contribution in [0.3, 0.4) is 0 Å². The fourth-order valence-electron chi connectivity index (χ4n) is 2.57. The molecule has 0 aromatic rings. The van der Waals surface area contributed by atoms with Crippen LogP contribution in [0.1, 0.15) is 39.5 Å². The zero-order chi connectivity index (χ0) is 13.5. The summed E-state index contributed by atoms with van der Waals surface area (Å²) in [7, 11) is 2.15. The molecular weight excluding hydrogens is 226 g/mol. The standard InChI is InChI=1S/C14H29N3O/c1-4-13-11-17(10-9-16(13)3)14(18)6-5-12(2)7-8-15/h12-13H,4-11,15H2,1-3H3. The molecule has 18 heavy (non-hydrogen) atoms. The van der Waals surface area contributed by atoms with E-state index in [1.54, 1.807) is 0 Å². The Morgan fingerprint density at radius 1 is 1.39 bits per heavy atom. The third-order valence-electron chi connectivity index (χ3n) is 4.11. The first-order valence-corrected chi connectivity index (χ1v) is 7.26. The van der Waals surface area contributed by atoms with Crippen molar-refractivity contribution in [3.63, 3.8) is 0 Å². The van der Waals surface area contributed by atoms with Gasteiger partial charge in [0.1, 0.15) is 0 Å². The van der Waals surface area contributed by atoms with Crippen LogP contribution in [0, 0.1) is 5.92 Å². The van der Waals surface area contributed by atoms with Gasteiger partial charge in [-0.05, 0) is 38.8 Å². The predicted molar refractivity (Wildman–Crippen MR) is 75.4 cm³/mol. The van der Waals surface area contributed by atoms with E-state index in [2.05, 4.69) is 25.8 Å². The molecular formula is C14H29N3O. The van der Waals surface area contributed by atoms with E-state index in [9.17, 15) is 4.79 Å². The molecule has 0 aromatic heterocycles. The lowest BCUT2D eigenvalue weighted by Gasteiger charge is -2.39. The fourth-order valence-corrected chi connectivity index (χ4v) is 2.57. The van der Waals surface area contributed by atoms with Gasteiger partial charge in [-0.1, -0.05) is 13.8 Å². The average molecular weight is 255 g/mol. The second-order valence-corrected chi connectivity index (χ2v) is 5.60. The molecule has 1 fully saturated rings. The Balaban J connectivity index is 2.33. The topological polar surface area (TPSA) is 49.6 Å². The highest BCUT2D eigenvalue weighted by atomic mass is 16.2. The summed E-state index contributed by atoms with van der Waals surface area (Å²) >= 11 is 0. The SMILES string of the molecule is CCC1CN(C(=O)CCC(C)CCN)CCN1C. The molecule has 1 aliphatic rings. The fraction of sp³-hybridized carbons (Fsp3) is 0.929. The minimum atomic E-state index is 0.324. The number of nitrogens with two attached hydrogens (primary N) is 1. The lowest BCUT2D eigenvalue weighted by atomic mass is 10.0. The maximum absolute atomic E-state index is 12.2. The van der Waals surface area contributed by atoms with Crippen molar-refractivity contribution in [2.45, 2.75) is 45.6 Å². The molecule has 0 saturated carbocycles. The minimum absolute atomic E-state index is 0.324. The molecule has 0 aliphatic carbocycles. The molecule has 1 rings (SSSR count). The highest BCUT2D eigenvalue weighted by molar-refractivity contribution is 5.76. The molecule has 2 N–H and O–H groups in total. The first-order valence-electron chi connectivity index (χ1n) is 7.26. The molecule has 2 atom stereocenters. The molecule has 0 bridgehead atoms. The summed E-state index contributed by atoms with van der Waals surface area (Å²) in [5, 5.41) is 0. The van der Waals surface area contributed by atoms with Crippen molar-refractivity contribution in [1.29, 1.82) is 0 Å².